The molecule has 0 radical (unpaired) electrons. The fraction of sp³-hybridized carbons (Fsp3) is 0.806. The van der Waals surface area contributed by atoms with Crippen LogP contribution in [0.25, 0.3) is 0 Å². The van der Waals surface area contributed by atoms with E-state index in [9.17, 15) is 0 Å². The van der Waals surface area contributed by atoms with E-state index in [1.54, 1.807) is 5.57 Å². The van der Waals surface area contributed by atoms with Gasteiger partial charge in [-0.25, -0.2) is 0 Å². The van der Waals surface area contributed by atoms with Crippen LogP contribution in [0.3, 0.4) is 0 Å². The molecule has 1 saturated heterocycles. The first-order valence-corrected chi connectivity index (χ1v) is 28.9. The van der Waals surface area contributed by atoms with Crippen molar-refractivity contribution in [1.29, 1.82) is 0 Å². The Morgan fingerprint density at radius 3 is 2.27 bits per heavy atom. The number of nitrogens with zero attached hydrogens (tertiary/aromatic N) is 1. The van der Waals surface area contributed by atoms with Gasteiger partial charge < -0.3 is 18.9 Å². The van der Waals surface area contributed by atoms with E-state index in [1.807, 2.05) is 0 Å². The van der Waals surface area contributed by atoms with Crippen LogP contribution in [-0.2, 0) is 18.9 Å². The Morgan fingerprint density at radius 1 is 0.716 bits per heavy atom. The van der Waals surface area contributed by atoms with Crippen LogP contribution >= 0.6 is 0 Å². The zero-order chi connectivity index (χ0) is 47.2. The molecular formula is C62H103NO4. The molecule has 67 heavy (non-hydrogen) atoms. The maximum Gasteiger partial charge on any atom is 0.0936 e. The van der Waals surface area contributed by atoms with E-state index in [-0.39, 0.29) is 6.10 Å². The molecule has 4 fully saturated rings. The molecule has 0 spiro atoms. The fourth-order valence-corrected chi connectivity index (χ4v) is 14.4. The minimum Gasteiger partial charge on any atom is -0.379 e. The zero-order valence-corrected chi connectivity index (χ0v) is 44.4. The maximum atomic E-state index is 6.56. The van der Waals surface area contributed by atoms with Crippen molar-refractivity contribution < 1.29 is 18.9 Å². The summed E-state index contributed by atoms with van der Waals surface area (Å²) in [4.78, 5) is 2.63. The van der Waals surface area contributed by atoms with Crippen LogP contribution in [0.1, 0.15) is 214 Å². The molecule has 0 bridgehead atoms. The maximum absolute atomic E-state index is 6.56. The summed E-state index contributed by atoms with van der Waals surface area (Å²) in [5.41, 5.74) is 4.08. The smallest absolute Gasteiger partial charge is 0.0936 e. The summed E-state index contributed by atoms with van der Waals surface area (Å²) < 4.78 is 25.6. The van der Waals surface area contributed by atoms with Crippen molar-refractivity contribution >= 4 is 0 Å². The Labute approximate surface area is 413 Å². The van der Waals surface area contributed by atoms with Crippen molar-refractivity contribution in [1.82, 2.24) is 4.90 Å². The molecule has 5 nitrogen and oxygen atoms in total. The average molecular weight is 927 g/mol. The van der Waals surface area contributed by atoms with E-state index in [2.05, 4.69) is 107 Å². The number of benzene rings is 1. The Hall–Kier alpha value is -1.76. The molecule has 5 aliphatic rings. The van der Waals surface area contributed by atoms with Gasteiger partial charge in [0.25, 0.3) is 0 Å². The summed E-state index contributed by atoms with van der Waals surface area (Å²) in [6, 6.07) is 11.5. The normalized spacial score (nSPS) is 29.7. The third-order valence-corrected chi connectivity index (χ3v) is 18.2. The summed E-state index contributed by atoms with van der Waals surface area (Å²) in [6.45, 7) is 21.0. The highest BCUT2D eigenvalue weighted by atomic mass is 16.6. The molecule has 0 N–H and O–H groups in total. The van der Waals surface area contributed by atoms with E-state index in [4.69, 9.17) is 18.9 Å². The molecule has 1 aliphatic heterocycles. The molecule has 4 aliphatic carbocycles. The van der Waals surface area contributed by atoms with Crippen molar-refractivity contribution in [3.05, 3.63) is 71.8 Å². The third kappa shape index (κ3) is 16.7. The predicted octanol–water partition coefficient (Wildman–Crippen LogP) is 16.5. The second kappa shape index (κ2) is 29.6. The summed E-state index contributed by atoms with van der Waals surface area (Å²) in [5, 5.41) is 0. The second-order valence-corrected chi connectivity index (χ2v) is 23.4. The van der Waals surface area contributed by atoms with Gasteiger partial charge in [0.1, 0.15) is 0 Å². The van der Waals surface area contributed by atoms with Gasteiger partial charge in [-0.15, -0.1) is 0 Å². The number of fused-ring (bicyclic) bond motifs is 5. The van der Waals surface area contributed by atoms with E-state index >= 15 is 0 Å². The summed E-state index contributed by atoms with van der Waals surface area (Å²) >= 11 is 0. The Bertz CT molecular complexity index is 1570. The van der Waals surface area contributed by atoms with Crippen LogP contribution in [0.5, 0.6) is 0 Å². The fourth-order valence-electron chi connectivity index (χ4n) is 14.4. The van der Waals surface area contributed by atoms with Crippen molar-refractivity contribution in [3.8, 4) is 0 Å². The molecule has 0 amide bonds. The molecule has 1 heterocycles. The topological polar surface area (TPSA) is 40.2 Å². The third-order valence-electron chi connectivity index (χ3n) is 18.2. The van der Waals surface area contributed by atoms with Gasteiger partial charge in [-0.1, -0.05) is 166 Å². The highest BCUT2D eigenvalue weighted by Gasteiger charge is 2.59. The lowest BCUT2D eigenvalue weighted by molar-refractivity contribution is -0.0737. The van der Waals surface area contributed by atoms with Crippen LogP contribution < -0.4 is 0 Å². The van der Waals surface area contributed by atoms with Gasteiger partial charge in [0.05, 0.1) is 45.2 Å². The molecule has 3 saturated carbocycles. The van der Waals surface area contributed by atoms with Gasteiger partial charge in [0, 0.05) is 19.2 Å². The van der Waals surface area contributed by atoms with Crippen molar-refractivity contribution in [2.75, 3.05) is 52.7 Å². The zero-order valence-electron chi connectivity index (χ0n) is 44.4. The quantitative estimate of drug-likeness (QED) is 0.0519. The number of likely N-dealkylation sites (tertiary alicyclic amines) is 1. The van der Waals surface area contributed by atoms with E-state index in [0.29, 0.717) is 56.0 Å². The minimum absolute atomic E-state index is 0.0461. The highest BCUT2D eigenvalue weighted by molar-refractivity contribution is 5.26. The van der Waals surface area contributed by atoms with Gasteiger partial charge in [-0.3, -0.25) is 4.90 Å². The minimum atomic E-state index is 0.0461. The summed E-state index contributed by atoms with van der Waals surface area (Å²) in [6.07, 6.45) is 45.1. The average Bonchev–Trinajstić information content (AvgIpc) is 3.95. The second-order valence-electron chi connectivity index (χ2n) is 23.4. The number of hydrogen-bond acceptors (Lipinski definition) is 5. The molecular weight excluding hydrogens is 823 g/mol. The van der Waals surface area contributed by atoms with E-state index < -0.39 is 0 Å². The Kier molecular flexibility index (Phi) is 24.1. The highest BCUT2D eigenvalue weighted by Crippen LogP contribution is 2.67. The van der Waals surface area contributed by atoms with Gasteiger partial charge in [0.2, 0.25) is 0 Å². The molecule has 0 aromatic heterocycles. The Morgan fingerprint density at radius 2 is 1.48 bits per heavy atom. The number of ether oxygens (including phenoxy) is 4. The Balaban J connectivity index is 0.855. The summed E-state index contributed by atoms with van der Waals surface area (Å²) in [5.74, 6) is 5.33. The van der Waals surface area contributed by atoms with Crippen LogP contribution in [0, 0.1) is 46.3 Å². The molecule has 380 valence electrons. The van der Waals surface area contributed by atoms with Gasteiger partial charge >= 0.3 is 0 Å². The SMILES string of the molecule is CCCCC/C=C\C/C=C\CCCCCCCCOCC(CN1CCCC1c1ccccc1)OCCOCCO[C@H]1CC[C@@]2(C)C(=CCC3[C@@H]4CC[C@H]([C@H](C)CCCC(C)C)[C@@]4(C)CC[C@@H]32)C1. The van der Waals surface area contributed by atoms with Crippen molar-refractivity contribution in [2.24, 2.45) is 46.3 Å². The molecule has 6 rings (SSSR count). The standard InChI is InChI=1S/C62H103NO4/c1-7-8-9-10-11-12-13-14-15-16-17-18-19-20-21-25-42-65-49-55(48-63-41-27-32-60(63)52-30-23-22-24-31-52)67-46-44-64-43-45-66-54-37-39-61(5)53(47-54)33-34-56-58-36-35-57(51(4)29-26-28-50(2)3)62(58,6)40-38-59(56)61/h11-12,14-15,22-24,30-31,33,50-51,54-60H,7-10,13,16-21,25-29,32,34-49H2,1-6H3/b12-11-,15-14-/t51-,54+,55?,56?,57-,58+,59+,60?,61+,62-/m1/s1. The lowest BCUT2D eigenvalue weighted by Gasteiger charge is -2.58. The van der Waals surface area contributed by atoms with Crippen LogP contribution in [0.4, 0.5) is 0 Å². The van der Waals surface area contributed by atoms with Gasteiger partial charge in [-0.2, -0.15) is 0 Å². The van der Waals surface area contributed by atoms with Gasteiger partial charge in [-0.05, 0) is 161 Å². The van der Waals surface area contributed by atoms with Crippen molar-refractivity contribution in [3.63, 3.8) is 0 Å². The first kappa shape index (κ1) is 54.6. The predicted molar refractivity (Wildman–Crippen MR) is 284 cm³/mol. The van der Waals surface area contributed by atoms with Crippen LogP contribution in [0.15, 0.2) is 66.3 Å². The number of hydrogen-bond donors (Lipinski definition) is 0. The number of allylic oxidation sites excluding steroid dienone is 5. The molecule has 10 atom stereocenters. The van der Waals surface area contributed by atoms with E-state index in [1.165, 1.54) is 147 Å². The number of rotatable bonds is 33. The first-order valence-electron chi connectivity index (χ1n) is 28.9. The van der Waals surface area contributed by atoms with E-state index in [0.717, 1.165) is 74.5 Å². The molecule has 1 aromatic carbocycles. The van der Waals surface area contributed by atoms with Crippen molar-refractivity contribution in [2.45, 2.75) is 220 Å². The first-order chi connectivity index (χ1) is 32.7. The molecule has 5 heteroatoms. The molecule has 1 aromatic rings. The molecule has 3 unspecified atom stereocenters. The lowest BCUT2D eigenvalue weighted by atomic mass is 9.47. The monoisotopic (exact) mass is 926 g/mol. The van der Waals surface area contributed by atoms with Gasteiger partial charge in [0.15, 0.2) is 0 Å². The van der Waals surface area contributed by atoms with Crippen LogP contribution in [-0.4, -0.2) is 69.8 Å². The number of unbranched alkanes of at least 4 members (excludes halogenated alkanes) is 9. The largest absolute Gasteiger partial charge is 0.379 e. The lowest BCUT2D eigenvalue weighted by Crippen LogP contribution is -2.51. The summed E-state index contributed by atoms with van der Waals surface area (Å²) in [7, 11) is 0. The van der Waals surface area contributed by atoms with Crippen LogP contribution in [0.2, 0.25) is 0 Å².